The third-order valence-electron chi connectivity index (χ3n) is 5.13. The van der Waals surface area contributed by atoms with E-state index in [4.69, 9.17) is 9.47 Å². The molecule has 4 rings (SSSR count). The van der Waals surface area contributed by atoms with E-state index in [9.17, 15) is 5.11 Å². The highest BCUT2D eigenvalue weighted by atomic mass is 16.5. The molecular formula is C20H21NO3. The molecule has 1 aliphatic carbocycles. The Hall–Kier alpha value is -2.62. The Kier molecular flexibility index (Phi) is 3.60. The Bertz CT molecular complexity index is 799. The van der Waals surface area contributed by atoms with Gasteiger partial charge in [-0.05, 0) is 53.8 Å². The van der Waals surface area contributed by atoms with Crippen LogP contribution in [-0.2, 0) is 0 Å². The largest absolute Gasteiger partial charge is 0.504 e. The number of phenols is 1. The summed E-state index contributed by atoms with van der Waals surface area (Å²) in [7, 11) is 3.28. The van der Waals surface area contributed by atoms with Crippen LogP contribution in [0.1, 0.15) is 29.5 Å². The van der Waals surface area contributed by atoms with Gasteiger partial charge in [-0.2, -0.15) is 0 Å². The Labute approximate surface area is 141 Å². The van der Waals surface area contributed by atoms with Gasteiger partial charge in [-0.25, -0.2) is 0 Å². The molecule has 0 radical (unpaired) electrons. The van der Waals surface area contributed by atoms with Gasteiger partial charge in [0.25, 0.3) is 0 Å². The van der Waals surface area contributed by atoms with Crippen molar-refractivity contribution in [2.24, 2.45) is 5.92 Å². The minimum atomic E-state index is 0.170. The Morgan fingerprint density at radius 1 is 1.08 bits per heavy atom. The summed E-state index contributed by atoms with van der Waals surface area (Å²) in [5.74, 6) is 2.39. The Morgan fingerprint density at radius 3 is 2.75 bits per heavy atom. The van der Waals surface area contributed by atoms with Gasteiger partial charge in [0.05, 0.1) is 20.3 Å². The lowest BCUT2D eigenvalue weighted by Crippen LogP contribution is -2.29. The fourth-order valence-corrected chi connectivity index (χ4v) is 3.92. The van der Waals surface area contributed by atoms with Crippen LogP contribution in [0.4, 0.5) is 5.69 Å². The minimum Gasteiger partial charge on any atom is -0.504 e. The highest BCUT2D eigenvalue weighted by molar-refractivity contribution is 5.62. The number of nitrogens with one attached hydrogen (secondary N) is 1. The summed E-state index contributed by atoms with van der Waals surface area (Å²) < 4.78 is 10.7. The maximum absolute atomic E-state index is 9.86. The second-order valence-corrected chi connectivity index (χ2v) is 6.36. The average molecular weight is 323 g/mol. The molecule has 4 nitrogen and oxygen atoms in total. The first-order chi connectivity index (χ1) is 11.7. The van der Waals surface area contributed by atoms with Crippen molar-refractivity contribution in [3.8, 4) is 17.2 Å². The van der Waals surface area contributed by atoms with Crippen molar-refractivity contribution in [2.75, 3.05) is 19.5 Å². The fraction of sp³-hybridized carbons (Fsp3) is 0.300. The average Bonchev–Trinajstić information content (AvgIpc) is 3.11. The summed E-state index contributed by atoms with van der Waals surface area (Å²) in [6.45, 7) is 0. The lowest BCUT2D eigenvalue weighted by atomic mass is 9.77. The number of fused-ring (bicyclic) bond motifs is 3. The van der Waals surface area contributed by atoms with Crippen LogP contribution in [0.5, 0.6) is 17.2 Å². The van der Waals surface area contributed by atoms with Crippen molar-refractivity contribution in [3.63, 3.8) is 0 Å². The Morgan fingerprint density at radius 2 is 1.96 bits per heavy atom. The van der Waals surface area contributed by atoms with E-state index in [2.05, 4.69) is 29.6 Å². The predicted octanol–water partition coefficient (Wildman–Crippen LogP) is 4.24. The van der Waals surface area contributed by atoms with Gasteiger partial charge in [0.2, 0.25) is 0 Å². The van der Waals surface area contributed by atoms with Gasteiger partial charge in [-0.1, -0.05) is 18.2 Å². The van der Waals surface area contributed by atoms with Crippen LogP contribution in [0.25, 0.3) is 0 Å². The zero-order chi connectivity index (χ0) is 16.7. The predicted molar refractivity (Wildman–Crippen MR) is 94.0 cm³/mol. The van der Waals surface area contributed by atoms with Crippen molar-refractivity contribution in [1.82, 2.24) is 0 Å². The molecule has 0 saturated heterocycles. The first kappa shape index (κ1) is 14.9. The number of hydrogen-bond acceptors (Lipinski definition) is 4. The van der Waals surface area contributed by atoms with Crippen molar-refractivity contribution in [1.29, 1.82) is 0 Å². The smallest absolute Gasteiger partial charge is 0.160 e. The quantitative estimate of drug-likeness (QED) is 0.830. The topological polar surface area (TPSA) is 50.7 Å². The summed E-state index contributed by atoms with van der Waals surface area (Å²) in [5.41, 5.74) is 3.56. The van der Waals surface area contributed by atoms with Crippen molar-refractivity contribution in [2.45, 2.75) is 18.4 Å². The summed E-state index contributed by atoms with van der Waals surface area (Å²) in [4.78, 5) is 0. The molecule has 0 aromatic heterocycles. The first-order valence-corrected chi connectivity index (χ1v) is 8.19. The minimum absolute atomic E-state index is 0.170. The molecule has 124 valence electrons. The highest BCUT2D eigenvalue weighted by Crippen LogP contribution is 2.51. The molecule has 2 aromatic carbocycles. The summed E-state index contributed by atoms with van der Waals surface area (Å²) >= 11 is 0. The van der Waals surface area contributed by atoms with E-state index in [1.165, 1.54) is 5.56 Å². The lowest BCUT2D eigenvalue weighted by Gasteiger charge is -2.37. The van der Waals surface area contributed by atoms with E-state index in [1.54, 1.807) is 20.3 Å². The Balaban J connectivity index is 1.76. The van der Waals surface area contributed by atoms with Gasteiger partial charge in [0.15, 0.2) is 11.5 Å². The molecule has 0 fully saturated rings. The number of rotatable bonds is 3. The first-order valence-electron chi connectivity index (χ1n) is 8.19. The molecule has 1 aliphatic heterocycles. The number of benzene rings is 2. The van der Waals surface area contributed by atoms with Gasteiger partial charge >= 0.3 is 0 Å². The molecule has 3 atom stereocenters. The molecule has 4 heteroatoms. The lowest BCUT2D eigenvalue weighted by molar-refractivity contribution is 0.370. The van der Waals surface area contributed by atoms with Crippen LogP contribution < -0.4 is 14.8 Å². The van der Waals surface area contributed by atoms with Crippen molar-refractivity contribution < 1.29 is 14.6 Å². The zero-order valence-corrected chi connectivity index (χ0v) is 13.8. The monoisotopic (exact) mass is 323 g/mol. The molecule has 0 spiro atoms. The van der Waals surface area contributed by atoms with Gasteiger partial charge in [0, 0.05) is 11.6 Å². The number of phenolic OH excluding ortho intramolecular Hbond substituents is 1. The highest BCUT2D eigenvalue weighted by Gasteiger charge is 2.38. The molecule has 2 aliphatic rings. The summed E-state index contributed by atoms with van der Waals surface area (Å²) in [5, 5.41) is 13.5. The SMILES string of the molecule is COc1ccc2c(c1)C1C=CCC1C(c1ccc(O)c(OC)c1)N2. The van der Waals surface area contributed by atoms with E-state index in [0.717, 1.165) is 23.4 Å². The number of hydrogen-bond donors (Lipinski definition) is 2. The molecule has 1 heterocycles. The molecule has 0 amide bonds. The fourth-order valence-electron chi connectivity index (χ4n) is 3.92. The van der Waals surface area contributed by atoms with Gasteiger partial charge in [-0.3, -0.25) is 0 Å². The van der Waals surface area contributed by atoms with E-state index < -0.39 is 0 Å². The van der Waals surface area contributed by atoms with Gasteiger partial charge < -0.3 is 19.9 Å². The number of methoxy groups -OCH3 is 2. The van der Waals surface area contributed by atoms with Crippen LogP contribution in [-0.4, -0.2) is 19.3 Å². The maximum Gasteiger partial charge on any atom is 0.160 e. The molecule has 0 bridgehead atoms. The normalized spacial score (nSPS) is 24.0. The standard InChI is InChI=1S/C20H21NO3/c1-23-13-7-8-17-16(11-13)14-4-3-5-15(14)20(21-17)12-6-9-18(22)19(10-12)24-2/h3-4,6-11,14-15,20-22H,5H2,1-2H3. The van der Waals surface area contributed by atoms with E-state index >= 15 is 0 Å². The molecule has 3 unspecified atom stereocenters. The van der Waals surface area contributed by atoms with Gasteiger partial charge in [0.1, 0.15) is 5.75 Å². The molecule has 24 heavy (non-hydrogen) atoms. The van der Waals surface area contributed by atoms with Crippen molar-refractivity contribution >= 4 is 5.69 Å². The molecule has 0 saturated carbocycles. The summed E-state index contributed by atoms with van der Waals surface area (Å²) in [6.07, 6.45) is 5.59. The molecular weight excluding hydrogens is 302 g/mol. The third-order valence-corrected chi connectivity index (χ3v) is 5.13. The van der Waals surface area contributed by atoms with E-state index in [-0.39, 0.29) is 11.8 Å². The van der Waals surface area contributed by atoms with E-state index in [1.807, 2.05) is 18.2 Å². The van der Waals surface area contributed by atoms with Crippen LogP contribution in [0.2, 0.25) is 0 Å². The van der Waals surface area contributed by atoms with Crippen LogP contribution in [0.3, 0.4) is 0 Å². The number of allylic oxidation sites excluding steroid dienone is 2. The van der Waals surface area contributed by atoms with Crippen LogP contribution in [0, 0.1) is 5.92 Å². The zero-order valence-electron chi connectivity index (χ0n) is 13.8. The maximum atomic E-state index is 9.86. The molecule has 2 N–H and O–H groups in total. The third kappa shape index (κ3) is 2.30. The number of ether oxygens (including phenoxy) is 2. The molecule has 2 aromatic rings. The number of anilines is 1. The second-order valence-electron chi connectivity index (χ2n) is 6.36. The number of aromatic hydroxyl groups is 1. The second kappa shape index (κ2) is 5.78. The van der Waals surface area contributed by atoms with Crippen LogP contribution in [0.15, 0.2) is 48.6 Å². The summed E-state index contributed by atoms with van der Waals surface area (Å²) in [6, 6.07) is 12.0. The van der Waals surface area contributed by atoms with Crippen LogP contribution >= 0.6 is 0 Å². The van der Waals surface area contributed by atoms with E-state index in [0.29, 0.717) is 17.6 Å². The van der Waals surface area contributed by atoms with Gasteiger partial charge in [-0.15, -0.1) is 0 Å². The van der Waals surface area contributed by atoms with Crippen molar-refractivity contribution in [3.05, 3.63) is 59.7 Å².